The van der Waals surface area contributed by atoms with Crippen molar-refractivity contribution in [2.24, 2.45) is 10.8 Å². The van der Waals surface area contributed by atoms with Crippen LogP contribution in [0.25, 0.3) is 0 Å². The minimum atomic E-state index is -0.177. The molecular weight excluding hydrogens is 224 g/mol. The molecular formula is C15H24N2O. The third kappa shape index (κ3) is 3.45. The fraction of sp³-hybridized carbons (Fsp3) is 0.667. The number of aliphatic hydroxyl groups excluding tert-OH is 1. The summed E-state index contributed by atoms with van der Waals surface area (Å²) >= 11 is 0. The second kappa shape index (κ2) is 4.88. The van der Waals surface area contributed by atoms with E-state index in [1.165, 1.54) is 0 Å². The van der Waals surface area contributed by atoms with Crippen LogP contribution in [-0.4, -0.2) is 22.7 Å². The van der Waals surface area contributed by atoms with Crippen LogP contribution in [0, 0.1) is 10.8 Å². The molecule has 1 aliphatic rings. The Morgan fingerprint density at radius 1 is 1.33 bits per heavy atom. The van der Waals surface area contributed by atoms with Gasteiger partial charge in [-0.1, -0.05) is 26.8 Å². The van der Waals surface area contributed by atoms with Gasteiger partial charge in [-0.15, -0.1) is 0 Å². The zero-order valence-corrected chi connectivity index (χ0v) is 11.6. The Hall–Kier alpha value is -1.09. The summed E-state index contributed by atoms with van der Waals surface area (Å²) in [5, 5.41) is 13.4. The average molecular weight is 248 g/mol. The van der Waals surface area contributed by atoms with Gasteiger partial charge >= 0.3 is 0 Å². The lowest BCUT2D eigenvalue weighted by atomic mass is 9.63. The van der Waals surface area contributed by atoms with E-state index in [4.69, 9.17) is 0 Å². The first-order valence-electron chi connectivity index (χ1n) is 6.72. The number of aromatic nitrogens is 1. The lowest BCUT2D eigenvalue weighted by Gasteiger charge is -2.45. The Kier molecular flexibility index (Phi) is 3.62. The molecule has 1 saturated carbocycles. The van der Waals surface area contributed by atoms with Crippen molar-refractivity contribution in [3.8, 4) is 0 Å². The number of pyridine rings is 1. The van der Waals surface area contributed by atoms with Crippen molar-refractivity contribution < 1.29 is 5.11 Å². The van der Waals surface area contributed by atoms with Gasteiger partial charge in [0.25, 0.3) is 0 Å². The lowest BCUT2D eigenvalue weighted by molar-refractivity contribution is -0.00320. The normalized spacial score (nSPS) is 31.0. The third-order valence-electron chi connectivity index (χ3n) is 3.78. The summed E-state index contributed by atoms with van der Waals surface area (Å²) in [6.45, 7) is 7.61. The summed E-state index contributed by atoms with van der Waals surface area (Å²) in [7, 11) is 0. The highest BCUT2D eigenvalue weighted by molar-refractivity contribution is 5.33. The molecule has 1 heterocycles. The molecule has 2 atom stereocenters. The molecule has 3 nitrogen and oxygen atoms in total. The average Bonchev–Trinajstić information content (AvgIpc) is 2.24. The van der Waals surface area contributed by atoms with Crippen molar-refractivity contribution in [1.29, 1.82) is 0 Å². The van der Waals surface area contributed by atoms with E-state index >= 15 is 0 Å². The van der Waals surface area contributed by atoms with Crippen LogP contribution >= 0.6 is 0 Å². The zero-order chi connectivity index (χ0) is 13.2. The number of rotatable bonds is 3. The first kappa shape index (κ1) is 13.3. The van der Waals surface area contributed by atoms with Crippen LogP contribution in [0.15, 0.2) is 24.4 Å². The summed E-state index contributed by atoms with van der Waals surface area (Å²) in [6, 6.07) is 5.88. The monoisotopic (exact) mass is 248 g/mol. The Labute approximate surface area is 110 Å². The van der Waals surface area contributed by atoms with Gasteiger partial charge in [-0.05, 0) is 42.2 Å². The van der Waals surface area contributed by atoms with E-state index in [1.54, 1.807) is 6.20 Å². The summed E-state index contributed by atoms with van der Waals surface area (Å²) in [5.74, 6) is 0.914. The predicted molar refractivity (Wildman–Crippen MR) is 74.5 cm³/mol. The van der Waals surface area contributed by atoms with Gasteiger partial charge in [-0.3, -0.25) is 0 Å². The number of anilines is 1. The molecule has 1 aromatic heterocycles. The van der Waals surface area contributed by atoms with Crippen LogP contribution in [-0.2, 0) is 0 Å². The predicted octanol–water partition coefficient (Wildman–Crippen LogP) is 3.07. The van der Waals surface area contributed by atoms with Crippen LogP contribution < -0.4 is 5.32 Å². The van der Waals surface area contributed by atoms with Gasteiger partial charge < -0.3 is 10.4 Å². The number of hydrogen-bond donors (Lipinski definition) is 2. The van der Waals surface area contributed by atoms with Crippen LogP contribution in [0.2, 0.25) is 0 Å². The Morgan fingerprint density at radius 3 is 2.72 bits per heavy atom. The summed E-state index contributed by atoms with van der Waals surface area (Å²) in [4.78, 5) is 4.28. The highest BCUT2D eigenvalue weighted by Crippen LogP contribution is 2.45. The van der Waals surface area contributed by atoms with Crippen molar-refractivity contribution in [2.75, 3.05) is 11.9 Å². The Morgan fingerprint density at radius 2 is 2.11 bits per heavy atom. The van der Waals surface area contributed by atoms with E-state index in [0.29, 0.717) is 0 Å². The molecule has 0 bridgehead atoms. The smallest absolute Gasteiger partial charge is 0.125 e. The van der Waals surface area contributed by atoms with Gasteiger partial charge in [0.2, 0.25) is 0 Å². The maximum atomic E-state index is 10.0. The molecule has 100 valence electrons. The van der Waals surface area contributed by atoms with Gasteiger partial charge in [0.15, 0.2) is 0 Å². The standard InChI is InChI=1S/C15H24N2O/c1-14(2)8-12(18)9-15(3,10-14)11-17-13-6-4-5-7-16-13/h4-7,12,18H,8-11H2,1-3H3,(H,16,17)/t12-,15-/m0/s1. The SMILES string of the molecule is CC1(C)C[C@H](O)C[C@](C)(CNc2ccccn2)C1. The van der Waals surface area contributed by atoms with Crippen molar-refractivity contribution in [2.45, 2.75) is 46.1 Å². The second-order valence-electron chi connectivity index (χ2n) is 6.78. The Balaban J connectivity index is 1.99. The van der Waals surface area contributed by atoms with Crippen molar-refractivity contribution in [3.05, 3.63) is 24.4 Å². The van der Waals surface area contributed by atoms with E-state index in [2.05, 4.69) is 31.1 Å². The molecule has 0 radical (unpaired) electrons. The van der Waals surface area contributed by atoms with Gasteiger partial charge in [0.05, 0.1) is 6.10 Å². The topological polar surface area (TPSA) is 45.1 Å². The molecule has 0 unspecified atom stereocenters. The van der Waals surface area contributed by atoms with Crippen molar-refractivity contribution >= 4 is 5.82 Å². The van der Waals surface area contributed by atoms with Crippen molar-refractivity contribution in [1.82, 2.24) is 4.98 Å². The first-order valence-corrected chi connectivity index (χ1v) is 6.72. The molecule has 1 fully saturated rings. The van der Waals surface area contributed by atoms with E-state index in [1.807, 2.05) is 18.2 Å². The zero-order valence-electron chi connectivity index (χ0n) is 11.6. The van der Waals surface area contributed by atoms with Crippen LogP contribution in [0.5, 0.6) is 0 Å². The fourth-order valence-corrected chi connectivity index (χ4v) is 3.48. The van der Waals surface area contributed by atoms with Crippen LogP contribution in [0.1, 0.15) is 40.0 Å². The minimum absolute atomic E-state index is 0.138. The number of aliphatic hydroxyl groups is 1. The second-order valence-corrected chi connectivity index (χ2v) is 6.78. The van der Waals surface area contributed by atoms with E-state index < -0.39 is 0 Å². The van der Waals surface area contributed by atoms with Gasteiger partial charge in [0, 0.05) is 12.7 Å². The molecule has 0 spiro atoms. The molecule has 3 heteroatoms. The summed E-state index contributed by atoms with van der Waals surface area (Å²) < 4.78 is 0. The third-order valence-corrected chi connectivity index (χ3v) is 3.78. The maximum absolute atomic E-state index is 10.0. The molecule has 0 aromatic carbocycles. The summed E-state index contributed by atoms with van der Waals surface area (Å²) in [6.07, 6.45) is 4.54. The van der Waals surface area contributed by atoms with Crippen molar-refractivity contribution in [3.63, 3.8) is 0 Å². The van der Waals surface area contributed by atoms with Gasteiger partial charge in [-0.2, -0.15) is 0 Å². The highest BCUT2D eigenvalue weighted by atomic mass is 16.3. The molecule has 1 aromatic rings. The fourth-order valence-electron chi connectivity index (χ4n) is 3.48. The maximum Gasteiger partial charge on any atom is 0.125 e. The highest BCUT2D eigenvalue weighted by Gasteiger charge is 2.40. The number of nitrogens with zero attached hydrogens (tertiary/aromatic N) is 1. The van der Waals surface area contributed by atoms with E-state index in [-0.39, 0.29) is 16.9 Å². The Bertz CT molecular complexity index is 391. The lowest BCUT2D eigenvalue weighted by Crippen LogP contribution is -2.42. The quantitative estimate of drug-likeness (QED) is 0.864. The summed E-state index contributed by atoms with van der Waals surface area (Å²) in [5.41, 5.74) is 0.358. The molecule has 1 aliphatic carbocycles. The molecule has 0 saturated heterocycles. The number of hydrogen-bond acceptors (Lipinski definition) is 3. The molecule has 2 rings (SSSR count). The van der Waals surface area contributed by atoms with Crippen LogP contribution in [0.4, 0.5) is 5.82 Å². The number of nitrogens with one attached hydrogen (secondary N) is 1. The van der Waals surface area contributed by atoms with Gasteiger partial charge in [-0.25, -0.2) is 4.98 Å². The molecule has 0 amide bonds. The molecule has 2 N–H and O–H groups in total. The minimum Gasteiger partial charge on any atom is -0.393 e. The molecule has 0 aliphatic heterocycles. The molecule has 18 heavy (non-hydrogen) atoms. The first-order chi connectivity index (χ1) is 8.39. The van der Waals surface area contributed by atoms with E-state index in [0.717, 1.165) is 31.6 Å². The van der Waals surface area contributed by atoms with Crippen LogP contribution in [0.3, 0.4) is 0 Å². The van der Waals surface area contributed by atoms with Gasteiger partial charge in [0.1, 0.15) is 5.82 Å². The largest absolute Gasteiger partial charge is 0.393 e. The van der Waals surface area contributed by atoms with E-state index in [9.17, 15) is 5.11 Å².